The maximum atomic E-state index is 4.93. The number of aryl methyl sites for hydroxylation is 1. The predicted molar refractivity (Wildman–Crippen MR) is 84.2 cm³/mol. The SMILES string of the molecule is CCNCCc1ccc2c(c1)nc(C1CCCC1)n2C. The van der Waals surface area contributed by atoms with Gasteiger partial charge in [0.15, 0.2) is 0 Å². The lowest BCUT2D eigenvalue weighted by molar-refractivity contribution is 0.639. The molecule has 1 fully saturated rings. The van der Waals surface area contributed by atoms with E-state index >= 15 is 0 Å². The molecule has 1 aromatic heterocycles. The number of nitrogens with one attached hydrogen (secondary N) is 1. The molecule has 20 heavy (non-hydrogen) atoms. The van der Waals surface area contributed by atoms with Gasteiger partial charge in [-0.25, -0.2) is 4.98 Å². The summed E-state index contributed by atoms with van der Waals surface area (Å²) >= 11 is 0. The Labute approximate surface area is 121 Å². The summed E-state index contributed by atoms with van der Waals surface area (Å²) in [5.74, 6) is 1.97. The second kappa shape index (κ2) is 5.96. The van der Waals surface area contributed by atoms with Crippen molar-refractivity contribution in [2.45, 2.75) is 44.9 Å². The summed E-state index contributed by atoms with van der Waals surface area (Å²) in [5, 5.41) is 3.38. The van der Waals surface area contributed by atoms with Gasteiger partial charge in [0, 0.05) is 13.0 Å². The fourth-order valence-corrected chi connectivity index (χ4v) is 3.38. The zero-order chi connectivity index (χ0) is 13.9. The van der Waals surface area contributed by atoms with E-state index in [1.165, 1.54) is 48.1 Å². The van der Waals surface area contributed by atoms with E-state index < -0.39 is 0 Å². The van der Waals surface area contributed by atoms with Crippen LogP contribution in [0.3, 0.4) is 0 Å². The Kier molecular flexibility index (Phi) is 4.06. The summed E-state index contributed by atoms with van der Waals surface area (Å²) in [6.45, 7) is 4.23. The molecule has 0 amide bonds. The van der Waals surface area contributed by atoms with Gasteiger partial charge in [-0.15, -0.1) is 0 Å². The monoisotopic (exact) mass is 271 g/mol. The Balaban J connectivity index is 1.86. The van der Waals surface area contributed by atoms with Crippen molar-refractivity contribution in [3.05, 3.63) is 29.6 Å². The van der Waals surface area contributed by atoms with E-state index in [0.717, 1.165) is 19.5 Å². The topological polar surface area (TPSA) is 29.9 Å². The molecule has 0 radical (unpaired) electrons. The molecule has 1 N–H and O–H groups in total. The first-order chi connectivity index (χ1) is 9.79. The molecule has 108 valence electrons. The lowest BCUT2D eigenvalue weighted by atomic mass is 10.1. The van der Waals surface area contributed by atoms with Crippen LogP contribution in [0, 0.1) is 0 Å². The molecular weight excluding hydrogens is 246 g/mol. The van der Waals surface area contributed by atoms with E-state index in [-0.39, 0.29) is 0 Å². The number of benzene rings is 1. The quantitative estimate of drug-likeness (QED) is 0.845. The number of fused-ring (bicyclic) bond motifs is 1. The minimum Gasteiger partial charge on any atom is -0.331 e. The number of hydrogen-bond donors (Lipinski definition) is 1. The third-order valence-electron chi connectivity index (χ3n) is 4.54. The number of likely N-dealkylation sites (N-methyl/N-ethyl adjacent to an activating group) is 1. The van der Waals surface area contributed by atoms with Crippen molar-refractivity contribution >= 4 is 11.0 Å². The van der Waals surface area contributed by atoms with Crippen LogP contribution in [-0.4, -0.2) is 22.6 Å². The molecule has 3 nitrogen and oxygen atoms in total. The van der Waals surface area contributed by atoms with Crippen molar-refractivity contribution in [1.82, 2.24) is 14.9 Å². The van der Waals surface area contributed by atoms with Gasteiger partial charge in [0.25, 0.3) is 0 Å². The summed E-state index contributed by atoms with van der Waals surface area (Å²) in [4.78, 5) is 4.93. The predicted octanol–water partition coefficient (Wildman–Crippen LogP) is 3.38. The molecule has 1 aliphatic rings. The third kappa shape index (κ3) is 2.59. The zero-order valence-electron chi connectivity index (χ0n) is 12.7. The average molecular weight is 271 g/mol. The van der Waals surface area contributed by atoms with Gasteiger partial charge in [0.2, 0.25) is 0 Å². The minimum atomic E-state index is 0.678. The second-order valence-corrected chi connectivity index (χ2v) is 5.94. The molecule has 1 aliphatic carbocycles. The maximum Gasteiger partial charge on any atom is 0.112 e. The molecule has 1 aromatic carbocycles. The molecule has 0 aliphatic heterocycles. The second-order valence-electron chi connectivity index (χ2n) is 5.94. The summed E-state index contributed by atoms with van der Waals surface area (Å²) < 4.78 is 2.30. The highest BCUT2D eigenvalue weighted by atomic mass is 15.1. The molecule has 0 unspecified atom stereocenters. The van der Waals surface area contributed by atoms with E-state index in [9.17, 15) is 0 Å². The highest BCUT2D eigenvalue weighted by Gasteiger charge is 2.22. The highest BCUT2D eigenvalue weighted by molar-refractivity contribution is 5.77. The van der Waals surface area contributed by atoms with Crippen LogP contribution in [0.4, 0.5) is 0 Å². The Hall–Kier alpha value is -1.35. The lowest BCUT2D eigenvalue weighted by Crippen LogP contribution is -2.15. The van der Waals surface area contributed by atoms with Crippen LogP contribution < -0.4 is 5.32 Å². The third-order valence-corrected chi connectivity index (χ3v) is 4.54. The molecule has 0 bridgehead atoms. The fourth-order valence-electron chi connectivity index (χ4n) is 3.38. The van der Waals surface area contributed by atoms with E-state index in [1.807, 2.05) is 0 Å². The zero-order valence-corrected chi connectivity index (χ0v) is 12.7. The summed E-state index contributed by atoms with van der Waals surface area (Å²) in [5.41, 5.74) is 3.83. The normalized spacial score (nSPS) is 16.3. The van der Waals surface area contributed by atoms with E-state index in [2.05, 4.69) is 42.1 Å². The van der Waals surface area contributed by atoms with E-state index in [0.29, 0.717) is 5.92 Å². The molecule has 1 saturated carbocycles. The number of imidazole rings is 1. The van der Waals surface area contributed by atoms with Crippen LogP contribution in [0.5, 0.6) is 0 Å². The molecule has 1 heterocycles. The summed E-state index contributed by atoms with van der Waals surface area (Å²) in [6, 6.07) is 6.76. The lowest BCUT2D eigenvalue weighted by Gasteiger charge is -2.08. The first-order valence-corrected chi connectivity index (χ1v) is 7.95. The van der Waals surface area contributed by atoms with Crippen molar-refractivity contribution in [2.24, 2.45) is 7.05 Å². The standard InChI is InChI=1S/C17H25N3/c1-3-18-11-10-13-8-9-16-15(12-13)19-17(20(16)2)14-6-4-5-7-14/h8-9,12,14,18H,3-7,10-11H2,1-2H3. The molecular formula is C17H25N3. The molecule has 0 spiro atoms. The Bertz CT molecular complexity index is 579. The fraction of sp³-hybridized carbons (Fsp3) is 0.588. The van der Waals surface area contributed by atoms with Gasteiger partial charge in [-0.05, 0) is 50.0 Å². The van der Waals surface area contributed by atoms with Crippen LogP contribution in [0.25, 0.3) is 11.0 Å². The molecule has 3 rings (SSSR count). The van der Waals surface area contributed by atoms with Gasteiger partial charge >= 0.3 is 0 Å². The van der Waals surface area contributed by atoms with Crippen molar-refractivity contribution in [1.29, 1.82) is 0 Å². The summed E-state index contributed by atoms with van der Waals surface area (Å²) in [7, 11) is 2.17. The van der Waals surface area contributed by atoms with Crippen LogP contribution in [0.2, 0.25) is 0 Å². The number of hydrogen-bond acceptors (Lipinski definition) is 2. The Morgan fingerprint density at radius 3 is 2.85 bits per heavy atom. The summed E-state index contributed by atoms with van der Waals surface area (Å²) in [6.07, 6.45) is 6.43. The first kappa shape index (κ1) is 13.6. The first-order valence-electron chi connectivity index (χ1n) is 7.95. The van der Waals surface area contributed by atoms with Gasteiger partial charge < -0.3 is 9.88 Å². The molecule has 0 atom stereocenters. The highest BCUT2D eigenvalue weighted by Crippen LogP contribution is 2.34. The number of rotatable bonds is 5. The van der Waals surface area contributed by atoms with Crippen LogP contribution >= 0.6 is 0 Å². The van der Waals surface area contributed by atoms with Crippen molar-refractivity contribution in [2.75, 3.05) is 13.1 Å². The van der Waals surface area contributed by atoms with Crippen molar-refractivity contribution in [3.63, 3.8) is 0 Å². The van der Waals surface area contributed by atoms with Gasteiger partial charge in [0.1, 0.15) is 5.82 Å². The van der Waals surface area contributed by atoms with Gasteiger partial charge in [-0.1, -0.05) is 25.8 Å². The van der Waals surface area contributed by atoms with Gasteiger partial charge in [-0.2, -0.15) is 0 Å². The van der Waals surface area contributed by atoms with Crippen molar-refractivity contribution < 1.29 is 0 Å². The number of nitrogens with zero attached hydrogens (tertiary/aromatic N) is 2. The van der Waals surface area contributed by atoms with Gasteiger partial charge in [0.05, 0.1) is 11.0 Å². The van der Waals surface area contributed by atoms with Crippen molar-refractivity contribution in [3.8, 4) is 0 Å². The number of aromatic nitrogens is 2. The van der Waals surface area contributed by atoms with E-state index in [4.69, 9.17) is 4.98 Å². The minimum absolute atomic E-state index is 0.678. The Morgan fingerprint density at radius 1 is 1.30 bits per heavy atom. The largest absolute Gasteiger partial charge is 0.331 e. The molecule has 2 aromatic rings. The Morgan fingerprint density at radius 2 is 2.10 bits per heavy atom. The van der Waals surface area contributed by atoms with Crippen LogP contribution in [0.15, 0.2) is 18.2 Å². The molecule has 3 heteroatoms. The maximum absolute atomic E-state index is 4.93. The smallest absolute Gasteiger partial charge is 0.112 e. The van der Waals surface area contributed by atoms with Crippen LogP contribution in [-0.2, 0) is 13.5 Å². The van der Waals surface area contributed by atoms with E-state index in [1.54, 1.807) is 0 Å². The molecule has 0 saturated heterocycles. The average Bonchev–Trinajstić information content (AvgIpc) is 3.07. The van der Waals surface area contributed by atoms with Gasteiger partial charge in [-0.3, -0.25) is 0 Å². The van der Waals surface area contributed by atoms with Crippen LogP contribution in [0.1, 0.15) is 49.9 Å².